The van der Waals surface area contributed by atoms with Crippen LogP contribution in [0.25, 0.3) is 0 Å². The van der Waals surface area contributed by atoms with Crippen LogP contribution in [-0.2, 0) is 6.54 Å². The summed E-state index contributed by atoms with van der Waals surface area (Å²) in [7, 11) is 0. The molecule has 100 valence electrons. The molecule has 0 unspecified atom stereocenters. The number of carbonyl (C=O) groups is 1. The van der Waals surface area contributed by atoms with Gasteiger partial charge in [-0.3, -0.25) is 4.90 Å². The van der Waals surface area contributed by atoms with Gasteiger partial charge in [0.25, 0.3) is 0 Å². The first-order chi connectivity index (χ1) is 8.72. The molecule has 2 rings (SSSR count). The Kier molecular flexibility index (Phi) is 4.78. The van der Waals surface area contributed by atoms with Crippen molar-refractivity contribution in [1.29, 1.82) is 0 Å². The van der Waals surface area contributed by atoms with Gasteiger partial charge in [0.1, 0.15) is 4.88 Å². The number of carboxylic acid groups (broad SMARTS) is 1. The molecule has 0 saturated heterocycles. The molecule has 0 radical (unpaired) electrons. The molecule has 1 heterocycles. The van der Waals surface area contributed by atoms with Crippen LogP contribution in [0.15, 0.2) is 11.4 Å². The summed E-state index contributed by atoms with van der Waals surface area (Å²) in [6.45, 7) is 3.95. The Hall–Kier alpha value is -0.870. The molecular weight excluding hydrogens is 246 g/mol. The maximum Gasteiger partial charge on any atom is 0.346 e. The van der Waals surface area contributed by atoms with Crippen LogP contribution in [-0.4, -0.2) is 28.6 Å². The molecule has 0 bridgehead atoms. The summed E-state index contributed by atoms with van der Waals surface area (Å²) < 4.78 is 0. The molecule has 1 aliphatic rings. The quantitative estimate of drug-likeness (QED) is 0.886. The van der Waals surface area contributed by atoms with Crippen molar-refractivity contribution in [1.82, 2.24) is 4.90 Å². The van der Waals surface area contributed by atoms with E-state index in [0.29, 0.717) is 10.9 Å². The normalized spacial score (nSPS) is 17.2. The lowest BCUT2D eigenvalue weighted by Crippen LogP contribution is -2.36. The Labute approximate surface area is 112 Å². The van der Waals surface area contributed by atoms with Crippen LogP contribution in [0.1, 0.15) is 54.3 Å². The molecule has 0 spiro atoms. The average molecular weight is 267 g/mol. The maximum atomic E-state index is 11.1. The van der Waals surface area contributed by atoms with Crippen LogP contribution in [0.3, 0.4) is 0 Å². The minimum atomic E-state index is -0.792. The standard InChI is InChI=1S/C14H21NO2S/c1-2-15(12-6-4-3-5-7-12)10-11-8-9-18-13(11)14(16)17/h8-9,12H,2-7,10H2,1H3,(H,16,17). The summed E-state index contributed by atoms with van der Waals surface area (Å²) >= 11 is 1.33. The van der Waals surface area contributed by atoms with Crippen LogP contribution >= 0.6 is 11.3 Å². The first-order valence-electron chi connectivity index (χ1n) is 6.76. The highest BCUT2D eigenvalue weighted by Crippen LogP contribution is 2.26. The van der Waals surface area contributed by atoms with Crippen LogP contribution in [0, 0.1) is 0 Å². The van der Waals surface area contributed by atoms with E-state index in [1.807, 2.05) is 11.4 Å². The van der Waals surface area contributed by atoms with Gasteiger partial charge < -0.3 is 5.11 Å². The summed E-state index contributed by atoms with van der Waals surface area (Å²) in [5, 5.41) is 11.0. The number of hydrogen-bond donors (Lipinski definition) is 1. The lowest BCUT2D eigenvalue weighted by Gasteiger charge is -2.33. The number of nitrogens with zero attached hydrogens (tertiary/aromatic N) is 1. The second-order valence-corrected chi connectivity index (χ2v) is 5.85. The van der Waals surface area contributed by atoms with E-state index >= 15 is 0 Å². The van der Waals surface area contributed by atoms with E-state index in [4.69, 9.17) is 5.11 Å². The van der Waals surface area contributed by atoms with Gasteiger partial charge in [-0.05, 0) is 36.4 Å². The summed E-state index contributed by atoms with van der Waals surface area (Å²) in [5.74, 6) is -0.792. The SMILES string of the molecule is CCN(Cc1ccsc1C(=O)O)C1CCCCC1. The van der Waals surface area contributed by atoms with Crippen molar-refractivity contribution in [3.8, 4) is 0 Å². The Bertz CT molecular complexity index is 396. The third kappa shape index (κ3) is 3.12. The summed E-state index contributed by atoms with van der Waals surface area (Å²) in [5.41, 5.74) is 0.972. The Balaban J connectivity index is 2.04. The van der Waals surface area contributed by atoms with Gasteiger partial charge in [0.15, 0.2) is 0 Å². The van der Waals surface area contributed by atoms with Gasteiger partial charge in [0, 0.05) is 12.6 Å². The van der Waals surface area contributed by atoms with E-state index in [9.17, 15) is 4.79 Å². The van der Waals surface area contributed by atoms with Gasteiger partial charge in [-0.1, -0.05) is 26.2 Å². The molecule has 1 fully saturated rings. The first kappa shape index (κ1) is 13.6. The fraction of sp³-hybridized carbons (Fsp3) is 0.643. The van der Waals surface area contributed by atoms with Crippen molar-refractivity contribution in [3.05, 3.63) is 21.9 Å². The van der Waals surface area contributed by atoms with Crippen molar-refractivity contribution >= 4 is 17.3 Å². The van der Waals surface area contributed by atoms with E-state index in [-0.39, 0.29) is 0 Å². The Morgan fingerprint density at radius 1 is 1.44 bits per heavy atom. The van der Waals surface area contributed by atoms with E-state index in [0.717, 1.165) is 18.7 Å². The molecule has 1 aliphatic carbocycles. The monoisotopic (exact) mass is 267 g/mol. The predicted octanol–water partition coefficient (Wildman–Crippen LogP) is 3.60. The number of rotatable bonds is 5. The lowest BCUT2D eigenvalue weighted by molar-refractivity contribution is 0.0698. The van der Waals surface area contributed by atoms with Gasteiger partial charge >= 0.3 is 5.97 Å². The second-order valence-electron chi connectivity index (χ2n) is 4.94. The summed E-state index contributed by atoms with van der Waals surface area (Å²) in [6, 6.07) is 2.60. The minimum Gasteiger partial charge on any atom is -0.477 e. The van der Waals surface area contributed by atoms with Gasteiger partial charge in [0.05, 0.1) is 0 Å². The fourth-order valence-electron chi connectivity index (χ4n) is 2.81. The third-order valence-electron chi connectivity index (χ3n) is 3.81. The molecule has 0 aromatic carbocycles. The van der Waals surface area contributed by atoms with Gasteiger partial charge in [0.2, 0.25) is 0 Å². The van der Waals surface area contributed by atoms with Crippen LogP contribution in [0.2, 0.25) is 0 Å². The molecule has 4 heteroatoms. The maximum absolute atomic E-state index is 11.1. The molecule has 1 saturated carbocycles. The van der Waals surface area contributed by atoms with Crippen molar-refractivity contribution in [2.45, 2.75) is 51.6 Å². The largest absolute Gasteiger partial charge is 0.477 e. The second kappa shape index (κ2) is 6.34. The third-order valence-corrected chi connectivity index (χ3v) is 4.76. The van der Waals surface area contributed by atoms with Crippen LogP contribution in [0.4, 0.5) is 0 Å². The molecule has 1 N–H and O–H groups in total. The molecule has 18 heavy (non-hydrogen) atoms. The lowest BCUT2D eigenvalue weighted by atomic mass is 9.94. The average Bonchev–Trinajstić information content (AvgIpc) is 2.85. The van der Waals surface area contributed by atoms with Crippen LogP contribution < -0.4 is 0 Å². The number of hydrogen-bond acceptors (Lipinski definition) is 3. The molecule has 0 aliphatic heterocycles. The van der Waals surface area contributed by atoms with E-state index in [1.165, 1.54) is 43.4 Å². The van der Waals surface area contributed by atoms with Crippen molar-refractivity contribution in [2.24, 2.45) is 0 Å². The highest BCUT2D eigenvalue weighted by atomic mass is 32.1. The van der Waals surface area contributed by atoms with Gasteiger partial charge in [-0.25, -0.2) is 4.79 Å². The van der Waals surface area contributed by atoms with Crippen molar-refractivity contribution < 1.29 is 9.90 Å². The summed E-state index contributed by atoms with van der Waals surface area (Å²) in [6.07, 6.45) is 6.51. The molecule has 1 aromatic rings. The molecule has 0 amide bonds. The fourth-order valence-corrected chi connectivity index (χ4v) is 3.57. The first-order valence-corrected chi connectivity index (χ1v) is 7.64. The van der Waals surface area contributed by atoms with Crippen molar-refractivity contribution in [2.75, 3.05) is 6.54 Å². The predicted molar refractivity (Wildman–Crippen MR) is 74.2 cm³/mol. The number of carboxylic acids is 1. The zero-order chi connectivity index (χ0) is 13.0. The molecule has 1 aromatic heterocycles. The van der Waals surface area contributed by atoms with Gasteiger partial charge in [-0.15, -0.1) is 11.3 Å². The number of thiophene rings is 1. The van der Waals surface area contributed by atoms with E-state index in [2.05, 4.69) is 11.8 Å². The van der Waals surface area contributed by atoms with E-state index < -0.39 is 5.97 Å². The minimum absolute atomic E-state index is 0.504. The molecular formula is C14H21NO2S. The zero-order valence-corrected chi connectivity index (χ0v) is 11.7. The Morgan fingerprint density at radius 2 is 2.17 bits per heavy atom. The smallest absolute Gasteiger partial charge is 0.346 e. The van der Waals surface area contributed by atoms with Crippen LogP contribution in [0.5, 0.6) is 0 Å². The van der Waals surface area contributed by atoms with Gasteiger partial charge in [-0.2, -0.15) is 0 Å². The highest BCUT2D eigenvalue weighted by molar-refractivity contribution is 7.12. The molecule has 0 atom stereocenters. The van der Waals surface area contributed by atoms with E-state index in [1.54, 1.807) is 0 Å². The Morgan fingerprint density at radius 3 is 2.78 bits per heavy atom. The topological polar surface area (TPSA) is 40.5 Å². The summed E-state index contributed by atoms with van der Waals surface area (Å²) in [4.78, 5) is 14.1. The highest BCUT2D eigenvalue weighted by Gasteiger charge is 2.22. The molecule has 3 nitrogen and oxygen atoms in total. The zero-order valence-electron chi connectivity index (χ0n) is 10.9. The number of aromatic carboxylic acids is 1. The van der Waals surface area contributed by atoms with Crippen molar-refractivity contribution in [3.63, 3.8) is 0 Å².